The van der Waals surface area contributed by atoms with Crippen LogP contribution in [0.25, 0.3) is 0 Å². The first kappa shape index (κ1) is 17.1. The van der Waals surface area contributed by atoms with Gasteiger partial charge in [0.25, 0.3) is 0 Å². The molecule has 0 radical (unpaired) electrons. The summed E-state index contributed by atoms with van der Waals surface area (Å²) in [6, 6.07) is 0. The van der Waals surface area contributed by atoms with Gasteiger partial charge in [-0.25, -0.2) is 4.98 Å². The van der Waals surface area contributed by atoms with Crippen LogP contribution in [0.5, 0.6) is 0 Å². The van der Waals surface area contributed by atoms with E-state index in [9.17, 15) is 4.79 Å². The Hall–Kier alpha value is -0.980. The molecule has 1 amide bonds. The third kappa shape index (κ3) is 5.98. The van der Waals surface area contributed by atoms with Crippen molar-refractivity contribution in [2.24, 2.45) is 0 Å². The van der Waals surface area contributed by atoms with Gasteiger partial charge in [-0.05, 0) is 33.7 Å². The number of hydrogen-bond donors (Lipinski definition) is 1. The van der Waals surface area contributed by atoms with Gasteiger partial charge in [0.1, 0.15) is 0 Å². The first-order valence-electron chi connectivity index (χ1n) is 7.09. The molecule has 0 saturated heterocycles. The molecule has 0 unspecified atom stereocenters. The molecular formula is C14H25N3O2S. The highest BCUT2D eigenvalue weighted by atomic mass is 32.1. The van der Waals surface area contributed by atoms with Crippen molar-refractivity contribution < 1.29 is 9.53 Å². The number of rotatable bonds is 9. The molecule has 0 aliphatic rings. The number of nitrogens with zero attached hydrogens (tertiary/aromatic N) is 2. The lowest BCUT2D eigenvalue weighted by molar-refractivity contribution is -0.116. The van der Waals surface area contributed by atoms with Gasteiger partial charge in [0.2, 0.25) is 5.91 Å². The Bertz CT molecular complexity index is 407. The molecule has 0 aliphatic heterocycles. The van der Waals surface area contributed by atoms with Gasteiger partial charge in [-0.15, -0.1) is 11.3 Å². The second-order valence-corrected chi connectivity index (χ2v) is 5.67. The molecule has 114 valence electrons. The smallest absolute Gasteiger partial charge is 0.225 e. The van der Waals surface area contributed by atoms with Gasteiger partial charge in [-0.3, -0.25) is 9.69 Å². The van der Waals surface area contributed by atoms with E-state index in [0.29, 0.717) is 12.6 Å². The van der Waals surface area contributed by atoms with Crippen molar-refractivity contribution in [2.45, 2.75) is 46.8 Å². The Morgan fingerprint density at radius 2 is 2.30 bits per heavy atom. The van der Waals surface area contributed by atoms with Crippen LogP contribution in [0.3, 0.4) is 0 Å². The molecule has 1 heterocycles. The maximum Gasteiger partial charge on any atom is 0.225 e. The van der Waals surface area contributed by atoms with E-state index < -0.39 is 0 Å². The molecule has 20 heavy (non-hydrogen) atoms. The number of thiazole rings is 1. The number of carbonyl (C=O) groups excluding carboxylic acids is 1. The largest absolute Gasteiger partial charge is 0.379 e. The van der Waals surface area contributed by atoms with E-state index in [-0.39, 0.29) is 5.91 Å². The van der Waals surface area contributed by atoms with Crippen molar-refractivity contribution in [3.05, 3.63) is 11.1 Å². The second-order valence-electron chi connectivity index (χ2n) is 4.83. The van der Waals surface area contributed by atoms with Gasteiger partial charge in [-0.2, -0.15) is 0 Å². The maximum atomic E-state index is 11.4. The van der Waals surface area contributed by atoms with E-state index in [0.717, 1.165) is 36.9 Å². The van der Waals surface area contributed by atoms with Gasteiger partial charge in [-0.1, -0.05) is 0 Å². The second kappa shape index (κ2) is 9.05. The fraction of sp³-hybridized carbons (Fsp3) is 0.714. The minimum atomic E-state index is 0.0344. The summed E-state index contributed by atoms with van der Waals surface area (Å²) >= 11 is 1.51. The molecule has 0 saturated carbocycles. The zero-order chi connectivity index (χ0) is 15.0. The average molecular weight is 299 g/mol. The zero-order valence-corrected chi connectivity index (χ0v) is 13.6. The molecule has 1 rings (SSSR count). The Kier molecular flexibility index (Phi) is 7.72. The van der Waals surface area contributed by atoms with Crippen molar-refractivity contribution in [3.63, 3.8) is 0 Å². The lowest BCUT2D eigenvalue weighted by atomic mass is 10.4. The lowest BCUT2D eigenvalue weighted by Gasteiger charge is -2.14. The standard InChI is InChI=1S/C14H25N3O2S/c1-5-17(12(4)18)14-16-13(10-20-14)9-15-7-6-8-19-11(2)3/h10-11,15H,5-9H2,1-4H3. The third-order valence-corrected chi connectivity index (χ3v) is 3.63. The van der Waals surface area contributed by atoms with Crippen molar-refractivity contribution in [2.75, 3.05) is 24.6 Å². The monoisotopic (exact) mass is 299 g/mol. The van der Waals surface area contributed by atoms with Crippen molar-refractivity contribution >= 4 is 22.4 Å². The molecule has 1 aromatic heterocycles. The van der Waals surface area contributed by atoms with E-state index in [4.69, 9.17) is 4.74 Å². The summed E-state index contributed by atoms with van der Waals surface area (Å²) in [6.45, 7) is 10.7. The lowest BCUT2D eigenvalue weighted by Crippen LogP contribution is -2.27. The maximum absolute atomic E-state index is 11.4. The van der Waals surface area contributed by atoms with Crippen LogP contribution >= 0.6 is 11.3 Å². The van der Waals surface area contributed by atoms with Crippen LogP contribution in [0, 0.1) is 0 Å². The van der Waals surface area contributed by atoms with E-state index >= 15 is 0 Å². The minimum Gasteiger partial charge on any atom is -0.379 e. The van der Waals surface area contributed by atoms with E-state index in [2.05, 4.69) is 10.3 Å². The van der Waals surface area contributed by atoms with Crippen LogP contribution in [0.1, 0.15) is 39.8 Å². The van der Waals surface area contributed by atoms with E-state index in [1.165, 1.54) is 11.3 Å². The summed E-state index contributed by atoms with van der Waals surface area (Å²) in [5.74, 6) is 0.0344. The van der Waals surface area contributed by atoms with Crippen LogP contribution in [0.4, 0.5) is 5.13 Å². The molecule has 0 fully saturated rings. The number of ether oxygens (including phenoxy) is 1. The first-order chi connectivity index (χ1) is 9.54. The summed E-state index contributed by atoms with van der Waals surface area (Å²) in [5.41, 5.74) is 0.981. The minimum absolute atomic E-state index is 0.0344. The van der Waals surface area contributed by atoms with E-state index in [1.54, 1.807) is 11.8 Å². The van der Waals surface area contributed by atoms with Gasteiger partial charge >= 0.3 is 0 Å². The van der Waals surface area contributed by atoms with E-state index in [1.807, 2.05) is 26.2 Å². The topological polar surface area (TPSA) is 54.5 Å². The fourth-order valence-corrected chi connectivity index (χ4v) is 2.66. The molecule has 6 heteroatoms. The summed E-state index contributed by atoms with van der Waals surface area (Å²) in [5, 5.41) is 6.11. The molecule has 0 aromatic carbocycles. The number of nitrogens with one attached hydrogen (secondary N) is 1. The normalized spacial score (nSPS) is 11.1. The number of carbonyl (C=O) groups is 1. The SMILES string of the molecule is CCN(C(C)=O)c1nc(CNCCCOC(C)C)cs1. The molecule has 1 N–H and O–H groups in total. The van der Waals surface area contributed by atoms with Crippen molar-refractivity contribution in [3.8, 4) is 0 Å². The Labute approximate surface area is 125 Å². The Morgan fingerprint density at radius 1 is 1.55 bits per heavy atom. The summed E-state index contributed by atoms with van der Waals surface area (Å²) in [7, 11) is 0. The highest BCUT2D eigenvalue weighted by molar-refractivity contribution is 7.14. The van der Waals surface area contributed by atoms with Gasteiger partial charge in [0, 0.05) is 32.0 Å². The highest BCUT2D eigenvalue weighted by Crippen LogP contribution is 2.20. The van der Waals surface area contributed by atoms with Crippen LogP contribution in [-0.2, 0) is 16.1 Å². The van der Waals surface area contributed by atoms with Crippen LogP contribution < -0.4 is 10.2 Å². The summed E-state index contributed by atoms with van der Waals surface area (Å²) in [4.78, 5) is 17.6. The number of hydrogen-bond acceptors (Lipinski definition) is 5. The predicted molar refractivity (Wildman–Crippen MR) is 83.2 cm³/mol. The van der Waals surface area contributed by atoms with Crippen LogP contribution in [0.2, 0.25) is 0 Å². The van der Waals surface area contributed by atoms with Crippen LogP contribution in [-0.4, -0.2) is 36.7 Å². The summed E-state index contributed by atoms with van der Waals surface area (Å²) < 4.78 is 5.47. The van der Waals surface area contributed by atoms with Crippen LogP contribution in [0.15, 0.2) is 5.38 Å². The summed E-state index contributed by atoms with van der Waals surface area (Å²) in [6.07, 6.45) is 1.28. The molecular weight excluding hydrogens is 274 g/mol. The molecule has 0 spiro atoms. The molecule has 0 atom stereocenters. The quantitative estimate of drug-likeness (QED) is 0.712. The number of anilines is 1. The molecule has 0 bridgehead atoms. The average Bonchev–Trinajstić information content (AvgIpc) is 2.82. The fourth-order valence-electron chi connectivity index (χ4n) is 1.73. The molecule has 5 nitrogen and oxygen atoms in total. The predicted octanol–water partition coefficient (Wildman–Crippen LogP) is 2.42. The zero-order valence-electron chi connectivity index (χ0n) is 12.8. The Balaban J connectivity index is 2.28. The van der Waals surface area contributed by atoms with Crippen molar-refractivity contribution in [1.29, 1.82) is 0 Å². The number of amides is 1. The molecule has 1 aromatic rings. The van der Waals surface area contributed by atoms with Gasteiger partial charge in [0.15, 0.2) is 5.13 Å². The van der Waals surface area contributed by atoms with Crippen molar-refractivity contribution in [1.82, 2.24) is 10.3 Å². The third-order valence-electron chi connectivity index (χ3n) is 2.72. The Morgan fingerprint density at radius 3 is 2.90 bits per heavy atom. The van der Waals surface area contributed by atoms with Gasteiger partial charge < -0.3 is 10.1 Å². The first-order valence-corrected chi connectivity index (χ1v) is 7.97. The molecule has 0 aliphatic carbocycles. The number of aromatic nitrogens is 1. The van der Waals surface area contributed by atoms with Gasteiger partial charge in [0.05, 0.1) is 11.8 Å². The highest BCUT2D eigenvalue weighted by Gasteiger charge is 2.12.